The van der Waals surface area contributed by atoms with Gasteiger partial charge in [0.2, 0.25) is 0 Å². The molecule has 2 aromatic carbocycles. The van der Waals surface area contributed by atoms with Crippen LogP contribution in [-0.2, 0) is 6.42 Å². The summed E-state index contributed by atoms with van der Waals surface area (Å²) in [7, 11) is 1.99. The molecule has 0 saturated carbocycles. The molecule has 0 amide bonds. The molecule has 0 atom stereocenters. The zero-order chi connectivity index (χ0) is 14.4. The number of halogens is 1. The maximum absolute atomic E-state index is 12.1. The molecule has 0 spiro atoms. The summed E-state index contributed by atoms with van der Waals surface area (Å²) in [4.78, 5) is 14.2. The second-order valence-electron chi connectivity index (χ2n) is 4.90. The van der Waals surface area contributed by atoms with Crippen LogP contribution in [0.1, 0.15) is 15.9 Å². The predicted molar refractivity (Wildman–Crippen MR) is 86.1 cm³/mol. The van der Waals surface area contributed by atoms with E-state index < -0.39 is 0 Å². The Morgan fingerprint density at radius 2 is 1.70 bits per heavy atom. The minimum absolute atomic E-state index is 0.160. The van der Waals surface area contributed by atoms with Gasteiger partial charge in [-0.3, -0.25) is 9.69 Å². The number of nitrogens with zero attached hydrogens (tertiary/aromatic N) is 1. The average Bonchev–Trinajstić information content (AvgIpc) is 2.47. The predicted octanol–water partition coefficient (Wildman–Crippen LogP) is 3.81. The third-order valence-corrected chi connectivity index (χ3v) is 3.73. The molecule has 0 aromatic heterocycles. The second-order valence-corrected chi connectivity index (χ2v) is 5.82. The largest absolute Gasteiger partial charge is 0.299 e. The van der Waals surface area contributed by atoms with E-state index in [0.717, 1.165) is 23.0 Å². The smallest absolute Gasteiger partial charge is 0.176 e. The molecule has 2 aromatic rings. The van der Waals surface area contributed by atoms with Crippen molar-refractivity contribution in [3.8, 4) is 0 Å². The molecule has 0 aliphatic heterocycles. The summed E-state index contributed by atoms with van der Waals surface area (Å²) >= 11 is 3.37. The fraction of sp³-hybridized carbons (Fsp3) is 0.235. The molecule has 3 heteroatoms. The molecule has 0 radical (unpaired) electrons. The highest BCUT2D eigenvalue weighted by molar-refractivity contribution is 9.10. The SMILES string of the molecule is CN(CCc1ccccc1)CC(=O)c1ccc(Br)cc1. The third-order valence-electron chi connectivity index (χ3n) is 3.20. The molecule has 0 aliphatic carbocycles. The fourth-order valence-corrected chi connectivity index (χ4v) is 2.28. The Kier molecular flexibility index (Phi) is 5.50. The Labute approximate surface area is 128 Å². The van der Waals surface area contributed by atoms with Crippen molar-refractivity contribution in [2.24, 2.45) is 0 Å². The molecule has 0 N–H and O–H groups in total. The first kappa shape index (κ1) is 14.9. The van der Waals surface area contributed by atoms with Crippen LogP contribution in [0, 0.1) is 0 Å². The van der Waals surface area contributed by atoms with Crippen molar-refractivity contribution < 1.29 is 4.79 Å². The molecular weight excluding hydrogens is 314 g/mol. The van der Waals surface area contributed by atoms with Crippen LogP contribution in [0.15, 0.2) is 59.1 Å². The number of likely N-dealkylation sites (N-methyl/N-ethyl adjacent to an activating group) is 1. The van der Waals surface area contributed by atoms with Gasteiger partial charge in [-0.15, -0.1) is 0 Å². The minimum Gasteiger partial charge on any atom is -0.299 e. The standard InChI is InChI=1S/C17H18BrNO/c1-19(12-11-14-5-3-2-4-6-14)13-17(20)15-7-9-16(18)10-8-15/h2-10H,11-13H2,1H3. The van der Waals surface area contributed by atoms with Gasteiger partial charge in [0.25, 0.3) is 0 Å². The van der Waals surface area contributed by atoms with E-state index in [1.165, 1.54) is 5.56 Å². The molecule has 0 fully saturated rings. The van der Waals surface area contributed by atoms with E-state index in [9.17, 15) is 4.79 Å². The second kappa shape index (κ2) is 7.36. The van der Waals surface area contributed by atoms with Crippen molar-refractivity contribution >= 4 is 21.7 Å². The molecule has 0 unspecified atom stereocenters. The van der Waals surface area contributed by atoms with Gasteiger partial charge in [-0.05, 0) is 31.2 Å². The van der Waals surface area contributed by atoms with Crippen LogP contribution in [0.2, 0.25) is 0 Å². The van der Waals surface area contributed by atoms with Crippen molar-refractivity contribution in [3.05, 3.63) is 70.2 Å². The van der Waals surface area contributed by atoms with Crippen molar-refractivity contribution in [2.75, 3.05) is 20.1 Å². The zero-order valence-electron chi connectivity index (χ0n) is 11.6. The molecular formula is C17H18BrNO. The van der Waals surface area contributed by atoms with Crippen LogP contribution in [0.5, 0.6) is 0 Å². The maximum atomic E-state index is 12.1. The summed E-state index contributed by atoms with van der Waals surface area (Å²) in [6.07, 6.45) is 0.963. The Balaban J connectivity index is 1.83. The quantitative estimate of drug-likeness (QED) is 0.750. The molecule has 2 nitrogen and oxygen atoms in total. The van der Waals surface area contributed by atoms with Crippen LogP contribution in [-0.4, -0.2) is 30.8 Å². The monoisotopic (exact) mass is 331 g/mol. The third kappa shape index (κ3) is 4.58. The first-order valence-electron chi connectivity index (χ1n) is 6.66. The van der Waals surface area contributed by atoms with Crippen LogP contribution in [0.25, 0.3) is 0 Å². The lowest BCUT2D eigenvalue weighted by molar-refractivity contribution is 0.0947. The van der Waals surface area contributed by atoms with E-state index in [-0.39, 0.29) is 5.78 Å². The highest BCUT2D eigenvalue weighted by atomic mass is 79.9. The van der Waals surface area contributed by atoms with Crippen molar-refractivity contribution in [2.45, 2.75) is 6.42 Å². The lowest BCUT2D eigenvalue weighted by Crippen LogP contribution is -2.28. The van der Waals surface area contributed by atoms with Crippen LogP contribution >= 0.6 is 15.9 Å². The number of carbonyl (C=O) groups excluding carboxylic acids is 1. The van der Waals surface area contributed by atoms with Crippen LogP contribution in [0.4, 0.5) is 0 Å². The van der Waals surface area contributed by atoms with Crippen molar-refractivity contribution in [3.63, 3.8) is 0 Å². The molecule has 0 bridgehead atoms. The Bertz CT molecular complexity index is 551. The number of carbonyl (C=O) groups is 1. The minimum atomic E-state index is 0.160. The van der Waals surface area contributed by atoms with Gasteiger partial charge in [0.05, 0.1) is 6.54 Å². The van der Waals surface area contributed by atoms with Gasteiger partial charge in [-0.2, -0.15) is 0 Å². The first-order valence-corrected chi connectivity index (χ1v) is 7.45. The number of rotatable bonds is 6. The van der Waals surface area contributed by atoms with E-state index in [1.54, 1.807) is 0 Å². The van der Waals surface area contributed by atoms with Crippen molar-refractivity contribution in [1.29, 1.82) is 0 Å². The summed E-state index contributed by atoms with van der Waals surface area (Å²) in [6.45, 7) is 1.33. The van der Waals surface area contributed by atoms with Gasteiger partial charge >= 0.3 is 0 Å². The number of hydrogen-bond acceptors (Lipinski definition) is 2. The van der Waals surface area contributed by atoms with Gasteiger partial charge in [0.1, 0.15) is 0 Å². The molecule has 0 heterocycles. The van der Waals surface area contributed by atoms with E-state index in [0.29, 0.717) is 6.54 Å². The van der Waals surface area contributed by atoms with Gasteiger partial charge in [0, 0.05) is 16.6 Å². The lowest BCUT2D eigenvalue weighted by Gasteiger charge is -2.15. The summed E-state index contributed by atoms with van der Waals surface area (Å²) < 4.78 is 0.992. The van der Waals surface area contributed by atoms with E-state index in [4.69, 9.17) is 0 Å². The van der Waals surface area contributed by atoms with E-state index in [1.807, 2.05) is 49.5 Å². The topological polar surface area (TPSA) is 20.3 Å². The van der Waals surface area contributed by atoms with Crippen molar-refractivity contribution in [1.82, 2.24) is 4.90 Å². The van der Waals surface area contributed by atoms with Gasteiger partial charge < -0.3 is 0 Å². The summed E-state index contributed by atoms with van der Waals surface area (Å²) in [5.74, 6) is 0.160. The summed E-state index contributed by atoms with van der Waals surface area (Å²) in [5, 5.41) is 0. The molecule has 20 heavy (non-hydrogen) atoms. The molecule has 0 saturated heterocycles. The van der Waals surface area contributed by atoms with E-state index >= 15 is 0 Å². The van der Waals surface area contributed by atoms with Crippen LogP contribution in [0.3, 0.4) is 0 Å². The highest BCUT2D eigenvalue weighted by Gasteiger charge is 2.09. The number of hydrogen-bond donors (Lipinski definition) is 0. The Morgan fingerprint density at radius 3 is 2.35 bits per heavy atom. The lowest BCUT2D eigenvalue weighted by atomic mass is 10.1. The highest BCUT2D eigenvalue weighted by Crippen LogP contribution is 2.11. The zero-order valence-corrected chi connectivity index (χ0v) is 13.1. The molecule has 2 rings (SSSR count). The fourth-order valence-electron chi connectivity index (χ4n) is 2.02. The Morgan fingerprint density at radius 1 is 1.05 bits per heavy atom. The maximum Gasteiger partial charge on any atom is 0.176 e. The summed E-state index contributed by atoms with van der Waals surface area (Å²) in [5.41, 5.74) is 2.07. The van der Waals surface area contributed by atoms with Gasteiger partial charge in [0.15, 0.2) is 5.78 Å². The summed E-state index contributed by atoms with van der Waals surface area (Å²) in [6, 6.07) is 17.9. The first-order chi connectivity index (χ1) is 9.65. The normalized spacial score (nSPS) is 10.8. The van der Waals surface area contributed by atoms with Gasteiger partial charge in [-0.25, -0.2) is 0 Å². The van der Waals surface area contributed by atoms with Crippen LogP contribution < -0.4 is 0 Å². The Hall–Kier alpha value is -1.45. The molecule has 0 aliphatic rings. The van der Waals surface area contributed by atoms with Gasteiger partial charge in [-0.1, -0.05) is 58.4 Å². The number of benzene rings is 2. The number of Topliss-reactive ketones (excluding diaryl/α,β-unsaturated/α-hetero) is 1. The average molecular weight is 332 g/mol. The van der Waals surface area contributed by atoms with E-state index in [2.05, 4.69) is 33.0 Å². The number of ketones is 1. The molecule has 104 valence electrons.